The molecule has 0 amide bonds. The molecule has 0 aliphatic heterocycles. The lowest BCUT2D eigenvalue weighted by molar-refractivity contribution is 0.195. The molecule has 1 fully saturated rings. The first kappa shape index (κ1) is 11.8. The van der Waals surface area contributed by atoms with Gasteiger partial charge < -0.3 is 10.8 Å². The number of hydrogen-bond donors (Lipinski definition) is 2. The van der Waals surface area contributed by atoms with Crippen LogP contribution in [-0.4, -0.2) is 17.9 Å². The largest absolute Gasteiger partial charge is 0.393 e. The SMILES string of the molecule is NC(CF)(c1cccc(Cl)c1F)C1CC1O. The Bertz CT molecular complexity index is 415. The first-order valence-corrected chi connectivity index (χ1v) is 5.36. The number of benzene rings is 1. The predicted molar refractivity (Wildman–Crippen MR) is 57.4 cm³/mol. The number of halogens is 3. The minimum atomic E-state index is -1.48. The lowest BCUT2D eigenvalue weighted by atomic mass is 9.86. The molecule has 1 aromatic rings. The predicted octanol–water partition coefficient (Wildman–Crippen LogP) is 1.98. The Labute approximate surface area is 97.0 Å². The average molecular weight is 248 g/mol. The van der Waals surface area contributed by atoms with Crippen LogP contribution in [0.25, 0.3) is 0 Å². The third-order valence-corrected chi connectivity index (χ3v) is 3.38. The first-order valence-electron chi connectivity index (χ1n) is 4.98. The molecule has 3 unspecified atom stereocenters. The third kappa shape index (κ3) is 1.71. The lowest BCUT2D eigenvalue weighted by Crippen LogP contribution is -2.43. The summed E-state index contributed by atoms with van der Waals surface area (Å²) in [5.74, 6) is -1.14. The highest BCUT2D eigenvalue weighted by molar-refractivity contribution is 6.30. The van der Waals surface area contributed by atoms with Crippen LogP contribution in [0.4, 0.5) is 8.78 Å². The Morgan fingerprint density at radius 2 is 2.19 bits per heavy atom. The van der Waals surface area contributed by atoms with Crippen molar-refractivity contribution in [1.82, 2.24) is 0 Å². The number of rotatable bonds is 3. The van der Waals surface area contributed by atoms with E-state index in [-0.39, 0.29) is 10.6 Å². The van der Waals surface area contributed by atoms with Crippen molar-refractivity contribution < 1.29 is 13.9 Å². The minimum absolute atomic E-state index is 0.0315. The van der Waals surface area contributed by atoms with E-state index >= 15 is 0 Å². The van der Waals surface area contributed by atoms with Gasteiger partial charge in [-0.05, 0) is 12.5 Å². The van der Waals surface area contributed by atoms with Gasteiger partial charge in [-0.2, -0.15) is 0 Å². The first-order chi connectivity index (χ1) is 7.50. The lowest BCUT2D eigenvalue weighted by Gasteiger charge is -2.27. The standard InChI is InChI=1S/C11H12ClF2NO/c12-8-3-1-2-6(10(8)14)11(15,5-13)7-4-9(7)16/h1-3,7,9,16H,4-5,15H2. The molecule has 0 heterocycles. The van der Waals surface area contributed by atoms with Crippen LogP contribution >= 0.6 is 11.6 Å². The monoisotopic (exact) mass is 247 g/mol. The Hall–Kier alpha value is -0.710. The summed E-state index contributed by atoms with van der Waals surface area (Å²) in [6.45, 7) is -0.925. The fourth-order valence-electron chi connectivity index (χ4n) is 1.97. The molecule has 2 rings (SSSR count). The summed E-state index contributed by atoms with van der Waals surface area (Å²) < 4.78 is 26.8. The zero-order valence-electron chi connectivity index (χ0n) is 8.46. The van der Waals surface area contributed by atoms with Crippen LogP contribution in [0.3, 0.4) is 0 Å². The van der Waals surface area contributed by atoms with E-state index in [9.17, 15) is 13.9 Å². The molecule has 3 N–H and O–H groups in total. The zero-order chi connectivity index (χ0) is 11.9. The van der Waals surface area contributed by atoms with E-state index in [1.54, 1.807) is 0 Å². The zero-order valence-corrected chi connectivity index (χ0v) is 9.22. The molecule has 1 aromatic carbocycles. The molecule has 0 saturated heterocycles. The Balaban J connectivity index is 2.44. The Morgan fingerprint density at radius 1 is 1.56 bits per heavy atom. The van der Waals surface area contributed by atoms with Crippen molar-refractivity contribution in [2.45, 2.75) is 18.1 Å². The molecule has 3 atom stereocenters. The van der Waals surface area contributed by atoms with Gasteiger partial charge in [0, 0.05) is 11.5 Å². The number of aliphatic hydroxyl groups excluding tert-OH is 1. The molecule has 1 aliphatic carbocycles. The van der Waals surface area contributed by atoms with E-state index < -0.39 is 30.1 Å². The molecule has 1 aliphatic rings. The average Bonchev–Trinajstić information content (AvgIpc) is 2.99. The van der Waals surface area contributed by atoms with Crippen molar-refractivity contribution >= 4 is 11.6 Å². The van der Waals surface area contributed by atoms with E-state index in [1.165, 1.54) is 18.2 Å². The molecule has 88 valence electrons. The van der Waals surface area contributed by atoms with Gasteiger partial charge in [0.15, 0.2) is 0 Å². The molecule has 0 spiro atoms. The van der Waals surface area contributed by atoms with Crippen LogP contribution in [0.5, 0.6) is 0 Å². The highest BCUT2D eigenvalue weighted by Crippen LogP contribution is 2.45. The van der Waals surface area contributed by atoms with Crippen molar-refractivity contribution in [3.05, 3.63) is 34.6 Å². The van der Waals surface area contributed by atoms with E-state index in [2.05, 4.69) is 0 Å². The fourth-order valence-corrected chi connectivity index (χ4v) is 2.14. The van der Waals surface area contributed by atoms with Crippen molar-refractivity contribution in [1.29, 1.82) is 0 Å². The van der Waals surface area contributed by atoms with Crippen LogP contribution in [0.2, 0.25) is 5.02 Å². The maximum absolute atomic E-state index is 13.7. The maximum atomic E-state index is 13.7. The van der Waals surface area contributed by atoms with E-state index in [0.717, 1.165) is 0 Å². The molecule has 16 heavy (non-hydrogen) atoms. The van der Waals surface area contributed by atoms with E-state index in [0.29, 0.717) is 6.42 Å². The summed E-state index contributed by atoms with van der Waals surface area (Å²) in [7, 11) is 0. The topological polar surface area (TPSA) is 46.2 Å². The van der Waals surface area contributed by atoms with Gasteiger partial charge in [-0.1, -0.05) is 23.7 Å². The summed E-state index contributed by atoms with van der Waals surface area (Å²) in [6, 6.07) is 4.31. The Morgan fingerprint density at radius 3 is 2.69 bits per heavy atom. The van der Waals surface area contributed by atoms with E-state index in [4.69, 9.17) is 17.3 Å². The molecule has 0 bridgehead atoms. The molecule has 1 saturated carbocycles. The summed E-state index contributed by atoms with van der Waals surface area (Å²) in [5, 5.41) is 9.23. The summed E-state index contributed by atoms with van der Waals surface area (Å²) in [5.41, 5.74) is 4.40. The second kappa shape index (κ2) is 3.95. The fraction of sp³-hybridized carbons (Fsp3) is 0.455. The highest BCUT2D eigenvalue weighted by Gasteiger charge is 2.52. The van der Waals surface area contributed by atoms with Gasteiger partial charge in [-0.25, -0.2) is 8.78 Å². The smallest absolute Gasteiger partial charge is 0.146 e. The quantitative estimate of drug-likeness (QED) is 0.858. The van der Waals surface area contributed by atoms with Crippen LogP contribution in [0, 0.1) is 11.7 Å². The molecule has 0 aromatic heterocycles. The summed E-state index contributed by atoms with van der Waals surface area (Å²) in [6.07, 6.45) is -0.258. The van der Waals surface area contributed by atoms with Crippen molar-refractivity contribution in [2.75, 3.05) is 6.67 Å². The second-order valence-corrected chi connectivity index (χ2v) is 4.59. The van der Waals surface area contributed by atoms with Gasteiger partial charge in [0.2, 0.25) is 0 Å². The number of alkyl halides is 1. The van der Waals surface area contributed by atoms with Gasteiger partial charge in [-0.3, -0.25) is 0 Å². The number of aliphatic hydroxyl groups is 1. The van der Waals surface area contributed by atoms with Crippen LogP contribution in [-0.2, 0) is 5.54 Å². The maximum Gasteiger partial charge on any atom is 0.146 e. The van der Waals surface area contributed by atoms with Gasteiger partial charge >= 0.3 is 0 Å². The van der Waals surface area contributed by atoms with Crippen LogP contribution in [0.1, 0.15) is 12.0 Å². The highest BCUT2D eigenvalue weighted by atomic mass is 35.5. The van der Waals surface area contributed by atoms with Crippen molar-refractivity contribution in [3.63, 3.8) is 0 Å². The van der Waals surface area contributed by atoms with Crippen LogP contribution in [0.15, 0.2) is 18.2 Å². The second-order valence-electron chi connectivity index (χ2n) is 4.18. The number of nitrogens with two attached hydrogens (primary N) is 1. The molecule has 2 nitrogen and oxygen atoms in total. The van der Waals surface area contributed by atoms with Crippen LogP contribution < -0.4 is 5.73 Å². The van der Waals surface area contributed by atoms with Crippen molar-refractivity contribution in [3.8, 4) is 0 Å². The summed E-state index contributed by atoms with van der Waals surface area (Å²) >= 11 is 5.62. The summed E-state index contributed by atoms with van der Waals surface area (Å²) in [4.78, 5) is 0. The molecular weight excluding hydrogens is 236 g/mol. The molecule has 0 radical (unpaired) electrons. The molecule has 5 heteroatoms. The van der Waals surface area contributed by atoms with E-state index in [1.807, 2.05) is 0 Å². The normalized spacial score (nSPS) is 27.6. The van der Waals surface area contributed by atoms with Gasteiger partial charge in [0.05, 0.1) is 16.7 Å². The van der Waals surface area contributed by atoms with Gasteiger partial charge in [0.25, 0.3) is 0 Å². The van der Waals surface area contributed by atoms with Gasteiger partial charge in [-0.15, -0.1) is 0 Å². The molecular formula is C11H12ClF2NO. The third-order valence-electron chi connectivity index (χ3n) is 3.09. The Kier molecular flexibility index (Phi) is 2.90. The number of hydrogen-bond acceptors (Lipinski definition) is 2. The van der Waals surface area contributed by atoms with Crippen molar-refractivity contribution in [2.24, 2.45) is 11.7 Å². The minimum Gasteiger partial charge on any atom is -0.393 e. The van der Waals surface area contributed by atoms with Gasteiger partial charge in [0.1, 0.15) is 12.5 Å².